The van der Waals surface area contributed by atoms with E-state index in [1.807, 2.05) is 20.8 Å². The highest BCUT2D eigenvalue weighted by Gasteiger charge is 2.33. The number of halogens is 3. The van der Waals surface area contributed by atoms with E-state index < -0.39 is 29.0 Å². The van der Waals surface area contributed by atoms with Gasteiger partial charge in [0.15, 0.2) is 0 Å². The standard InChI is InChI=1S/C14H17F3O2/c1-13(2,3)11(8-12(18)19)9-5-4-6-10(7-9)14(15,16)17/h4-7,11H,8H2,1-3H3,(H,18,19). The molecule has 0 heterocycles. The molecule has 0 fully saturated rings. The molecule has 1 N–H and O–H groups in total. The molecule has 0 aromatic heterocycles. The fraction of sp³-hybridized carbons (Fsp3) is 0.500. The number of carbonyl (C=O) groups is 1. The van der Waals surface area contributed by atoms with Crippen molar-refractivity contribution in [1.82, 2.24) is 0 Å². The van der Waals surface area contributed by atoms with E-state index in [-0.39, 0.29) is 6.42 Å². The van der Waals surface area contributed by atoms with Gasteiger partial charge in [-0.05, 0) is 23.0 Å². The van der Waals surface area contributed by atoms with Crippen LogP contribution < -0.4 is 0 Å². The molecular weight excluding hydrogens is 257 g/mol. The van der Waals surface area contributed by atoms with Crippen LogP contribution in [0.25, 0.3) is 0 Å². The zero-order valence-electron chi connectivity index (χ0n) is 11.1. The van der Waals surface area contributed by atoms with Crippen LogP contribution in [0.2, 0.25) is 0 Å². The van der Waals surface area contributed by atoms with Crippen molar-refractivity contribution < 1.29 is 23.1 Å². The van der Waals surface area contributed by atoms with Crippen LogP contribution in [0, 0.1) is 5.41 Å². The van der Waals surface area contributed by atoms with Gasteiger partial charge in [0, 0.05) is 0 Å². The first-order chi connectivity index (χ1) is 8.51. The van der Waals surface area contributed by atoms with E-state index in [2.05, 4.69) is 0 Å². The maximum absolute atomic E-state index is 12.7. The van der Waals surface area contributed by atoms with Crippen molar-refractivity contribution >= 4 is 5.97 Å². The van der Waals surface area contributed by atoms with Gasteiger partial charge in [-0.2, -0.15) is 13.2 Å². The van der Waals surface area contributed by atoms with E-state index in [9.17, 15) is 18.0 Å². The number of carboxylic acids is 1. The second-order valence-corrected chi connectivity index (χ2v) is 5.64. The monoisotopic (exact) mass is 274 g/mol. The molecule has 106 valence electrons. The van der Waals surface area contributed by atoms with Crippen molar-refractivity contribution in [3.63, 3.8) is 0 Å². The van der Waals surface area contributed by atoms with Crippen molar-refractivity contribution in [3.8, 4) is 0 Å². The molecule has 19 heavy (non-hydrogen) atoms. The molecule has 0 saturated carbocycles. The smallest absolute Gasteiger partial charge is 0.416 e. The third kappa shape index (κ3) is 4.26. The summed E-state index contributed by atoms with van der Waals surface area (Å²) in [7, 11) is 0. The van der Waals surface area contributed by atoms with E-state index in [0.717, 1.165) is 12.1 Å². The summed E-state index contributed by atoms with van der Waals surface area (Å²) in [4.78, 5) is 10.9. The lowest BCUT2D eigenvalue weighted by molar-refractivity contribution is -0.138. The fourth-order valence-corrected chi connectivity index (χ4v) is 2.03. The Kier molecular flexibility index (Phi) is 4.28. The SMILES string of the molecule is CC(C)(C)C(CC(=O)O)c1cccc(C(F)(F)F)c1. The van der Waals surface area contributed by atoms with E-state index in [1.54, 1.807) is 6.07 Å². The van der Waals surface area contributed by atoms with Gasteiger partial charge in [0.1, 0.15) is 0 Å². The molecule has 0 aliphatic heterocycles. The van der Waals surface area contributed by atoms with Crippen LogP contribution in [0.5, 0.6) is 0 Å². The number of benzene rings is 1. The Hall–Kier alpha value is -1.52. The lowest BCUT2D eigenvalue weighted by Gasteiger charge is -2.30. The number of rotatable bonds is 3. The Balaban J connectivity index is 3.20. The number of hydrogen-bond acceptors (Lipinski definition) is 1. The first-order valence-corrected chi connectivity index (χ1v) is 5.91. The van der Waals surface area contributed by atoms with Crippen LogP contribution in [-0.2, 0) is 11.0 Å². The predicted molar refractivity (Wildman–Crippen MR) is 65.9 cm³/mol. The Morgan fingerprint density at radius 1 is 1.26 bits per heavy atom. The highest BCUT2D eigenvalue weighted by atomic mass is 19.4. The lowest BCUT2D eigenvalue weighted by Crippen LogP contribution is -2.22. The molecule has 5 heteroatoms. The quantitative estimate of drug-likeness (QED) is 0.891. The normalized spacial score (nSPS) is 14.2. The minimum absolute atomic E-state index is 0.190. The summed E-state index contributed by atoms with van der Waals surface area (Å²) in [5.41, 5.74) is -0.767. The molecule has 1 rings (SSSR count). The molecule has 0 amide bonds. The number of carboxylic acid groups (broad SMARTS) is 1. The minimum Gasteiger partial charge on any atom is -0.481 e. The summed E-state index contributed by atoms with van der Waals surface area (Å²) in [5, 5.41) is 8.92. The first-order valence-electron chi connectivity index (χ1n) is 5.91. The summed E-state index contributed by atoms with van der Waals surface area (Å²) < 4.78 is 38.0. The fourth-order valence-electron chi connectivity index (χ4n) is 2.03. The number of alkyl halides is 3. The maximum Gasteiger partial charge on any atom is 0.416 e. The molecule has 2 nitrogen and oxygen atoms in total. The van der Waals surface area contributed by atoms with Crippen molar-refractivity contribution in [2.45, 2.75) is 39.3 Å². The molecule has 1 atom stereocenters. The van der Waals surface area contributed by atoms with Crippen molar-refractivity contribution in [2.75, 3.05) is 0 Å². The predicted octanol–water partition coefficient (Wildman–Crippen LogP) is 4.31. The molecule has 0 radical (unpaired) electrons. The Morgan fingerprint density at radius 2 is 1.84 bits per heavy atom. The maximum atomic E-state index is 12.7. The molecule has 1 aromatic carbocycles. The van der Waals surface area contributed by atoms with Crippen LogP contribution >= 0.6 is 0 Å². The highest BCUT2D eigenvalue weighted by molar-refractivity contribution is 5.68. The molecule has 0 aliphatic rings. The van der Waals surface area contributed by atoms with Crippen LogP contribution in [0.1, 0.15) is 44.2 Å². The van der Waals surface area contributed by atoms with Crippen molar-refractivity contribution in [1.29, 1.82) is 0 Å². The van der Waals surface area contributed by atoms with Crippen LogP contribution in [-0.4, -0.2) is 11.1 Å². The summed E-state index contributed by atoms with van der Waals surface area (Å²) in [6, 6.07) is 4.90. The van der Waals surface area contributed by atoms with Crippen LogP contribution in [0.15, 0.2) is 24.3 Å². The van der Waals surface area contributed by atoms with E-state index in [4.69, 9.17) is 5.11 Å². The van der Waals surface area contributed by atoms with Crippen molar-refractivity contribution in [3.05, 3.63) is 35.4 Å². The average Bonchev–Trinajstić information content (AvgIpc) is 2.23. The third-order valence-electron chi connectivity index (χ3n) is 3.04. The largest absolute Gasteiger partial charge is 0.481 e. The van der Waals surface area contributed by atoms with Crippen LogP contribution in [0.4, 0.5) is 13.2 Å². The van der Waals surface area contributed by atoms with E-state index in [1.165, 1.54) is 6.07 Å². The van der Waals surface area contributed by atoms with Gasteiger partial charge in [0.25, 0.3) is 0 Å². The number of aliphatic carboxylic acids is 1. The van der Waals surface area contributed by atoms with Gasteiger partial charge in [0.2, 0.25) is 0 Å². The number of hydrogen-bond donors (Lipinski definition) is 1. The highest BCUT2D eigenvalue weighted by Crippen LogP contribution is 2.39. The summed E-state index contributed by atoms with van der Waals surface area (Å²) in [6.07, 6.45) is -4.60. The third-order valence-corrected chi connectivity index (χ3v) is 3.04. The van der Waals surface area contributed by atoms with Gasteiger partial charge < -0.3 is 5.11 Å². The van der Waals surface area contributed by atoms with Gasteiger partial charge in [-0.3, -0.25) is 4.79 Å². The second kappa shape index (κ2) is 5.23. The van der Waals surface area contributed by atoms with Gasteiger partial charge in [-0.1, -0.05) is 39.0 Å². The Bertz CT molecular complexity index is 458. The zero-order valence-corrected chi connectivity index (χ0v) is 11.1. The lowest BCUT2D eigenvalue weighted by atomic mass is 9.74. The Morgan fingerprint density at radius 3 is 2.26 bits per heavy atom. The molecular formula is C14H17F3O2. The first kappa shape index (κ1) is 15.5. The van der Waals surface area contributed by atoms with Crippen LogP contribution in [0.3, 0.4) is 0 Å². The molecule has 0 aliphatic carbocycles. The summed E-state index contributed by atoms with van der Waals surface area (Å²) in [6.45, 7) is 5.46. The minimum atomic E-state index is -4.42. The average molecular weight is 274 g/mol. The molecule has 0 saturated heterocycles. The zero-order chi connectivity index (χ0) is 14.8. The van der Waals surface area contributed by atoms with Gasteiger partial charge >= 0.3 is 12.1 Å². The Labute approximate surface area is 110 Å². The summed E-state index contributed by atoms with van der Waals surface area (Å²) in [5.74, 6) is -1.48. The van der Waals surface area contributed by atoms with Gasteiger partial charge in [-0.15, -0.1) is 0 Å². The van der Waals surface area contributed by atoms with Crippen molar-refractivity contribution in [2.24, 2.45) is 5.41 Å². The molecule has 0 spiro atoms. The van der Waals surface area contributed by atoms with E-state index in [0.29, 0.717) is 5.56 Å². The topological polar surface area (TPSA) is 37.3 Å². The van der Waals surface area contributed by atoms with Gasteiger partial charge in [-0.25, -0.2) is 0 Å². The second-order valence-electron chi connectivity index (χ2n) is 5.64. The van der Waals surface area contributed by atoms with E-state index >= 15 is 0 Å². The molecule has 0 bridgehead atoms. The summed E-state index contributed by atoms with van der Waals surface area (Å²) >= 11 is 0. The van der Waals surface area contributed by atoms with Gasteiger partial charge in [0.05, 0.1) is 12.0 Å². The molecule has 1 aromatic rings. The molecule has 1 unspecified atom stereocenters.